The lowest BCUT2D eigenvalue weighted by molar-refractivity contribution is 0.132. The average molecular weight is 276 g/mol. The summed E-state index contributed by atoms with van der Waals surface area (Å²) in [5, 5.41) is 8.99. The first-order chi connectivity index (χ1) is 9.25. The number of hydrogen-bond acceptors (Lipinski definition) is 3. The van der Waals surface area contributed by atoms with Crippen LogP contribution in [0.5, 0.6) is 0 Å². The van der Waals surface area contributed by atoms with Gasteiger partial charge in [0.05, 0.1) is 0 Å². The van der Waals surface area contributed by atoms with Gasteiger partial charge in [0.1, 0.15) is 0 Å². The Morgan fingerprint density at radius 3 is 2.89 bits per heavy atom. The number of benzene rings is 1. The largest absolute Gasteiger partial charge is 0.465 e. The zero-order valence-electron chi connectivity index (χ0n) is 10.5. The standard InChI is InChI=1S/C14H16N2O2S/c17-14(18)16-8-5-10(6-9-16)12-3-1-2-11-4-7-15-19-13(11)12/h1-4,7,10,15H,5-6,8-9H2,(H,17,18). The van der Waals surface area contributed by atoms with Crippen LogP contribution in [0.3, 0.4) is 0 Å². The van der Waals surface area contributed by atoms with Gasteiger partial charge in [-0.15, -0.1) is 0 Å². The highest BCUT2D eigenvalue weighted by Gasteiger charge is 2.25. The van der Waals surface area contributed by atoms with Crippen LogP contribution in [-0.2, 0) is 0 Å². The molecule has 0 spiro atoms. The highest BCUT2D eigenvalue weighted by Crippen LogP contribution is 2.37. The monoisotopic (exact) mass is 276 g/mol. The molecule has 0 bridgehead atoms. The molecule has 1 aromatic rings. The molecule has 0 radical (unpaired) electrons. The van der Waals surface area contributed by atoms with E-state index in [2.05, 4.69) is 29.0 Å². The van der Waals surface area contributed by atoms with Crippen molar-refractivity contribution in [1.82, 2.24) is 9.62 Å². The summed E-state index contributed by atoms with van der Waals surface area (Å²) in [6, 6.07) is 6.39. The van der Waals surface area contributed by atoms with Crippen LogP contribution >= 0.6 is 11.9 Å². The van der Waals surface area contributed by atoms with Gasteiger partial charge in [-0.2, -0.15) is 0 Å². The molecule has 3 rings (SSSR count). The van der Waals surface area contributed by atoms with Crippen LogP contribution in [0.4, 0.5) is 4.79 Å². The molecule has 5 heteroatoms. The third kappa shape index (κ3) is 2.42. The Balaban J connectivity index is 1.81. The summed E-state index contributed by atoms with van der Waals surface area (Å²) < 4.78 is 3.18. The van der Waals surface area contributed by atoms with Gasteiger partial charge in [-0.3, -0.25) is 0 Å². The minimum Gasteiger partial charge on any atom is -0.465 e. The molecule has 0 saturated carbocycles. The molecule has 100 valence electrons. The molecule has 19 heavy (non-hydrogen) atoms. The smallest absolute Gasteiger partial charge is 0.407 e. The quantitative estimate of drug-likeness (QED) is 0.774. The fourth-order valence-corrected chi connectivity index (χ4v) is 3.60. The number of carbonyl (C=O) groups is 1. The van der Waals surface area contributed by atoms with E-state index < -0.39 is 6.09 Å². The maximum atomic E-state index is 10.9. The number of piperidine rings is 1. The van der Waals surface area contributed by atoms with Crippen LogP contribution < -0.4 is 4.72 Å². The number of hydrogen-bond donors (Lipinski definition) is 2. The van der Waals surface area contributed by atoms with E-state index in [0.717, 1.165) is 12.8 Å². The Labute approximate surface area is 116 Å². The van der Waals surface area contributed by atoms with Crippen LogP contribution in [0.25, 0.3) is 6.08 Å². The molecule has 2 N–H and O–H groups in total. The number of nitrogens with zero attached hydrogens (tertiary/aromatic N) is 1. The lowest BCUT2D eigenvalue weighted by Crippen LogP contribution is -2.36. The summed E-state index contributed by atoms with van der Waals surface area (Å²) in [5.41, 5.74) is 2.60. The van der Waals surface area contributed by atoms with Gasteiger partial charge in [0.2, 0.25) is 0 Å². The van der Waals surface area contributed by atoms with Crippen molar-refractivity contribution in [3.05, 3.63) is 35.5 Å². The number of likely N-dealkylation sites (tertiary alicyclic amines) is 1. The molecule has 0 aromatic heterocycles. The molecule has 2 aliphatic heterocycles. The molecule has 0 aliphatic carbocycles. The Hall–Kier alpha value is -1.62. The third-order valence-corrected chi connectivity index (χ3v) is 4.70. The molecule has 1 amide bonds. The van der Waals surface area contributed by atoms with E-state index in [4.69, 9.17) is 5.11 Å². The van der Waals surface area contributed by atoms with Gasteiger partial charge in [-0.1, -0.05) is 18.2 Å². The van der Waals surface area contributed by atoms with E-state index in [0.29, 0.717) is 19.0 Å². The summed E-state index contributed by atoms with van der Waals surface area (Å²) in [5.74, 6) is 0.464. The van der Waals surface area contributed by atoms with Crippen molar-refractivity contribution >= 4 is 24.1 Å². The normalized spacial score (nSPS) is 18.8. The van der Waals surface area contributed by atoms with Crippen LogP contribution in [-0.4, -0.2) is 29.2 Å². The second-order valence-electron chi connectivity index (χ2n) is 4.86. The van der Waals surface area contributed by atoms with E-state index in [-0.39, 0.29) is 0 Å². The molecular formula is C14H16N2O2S. The van der Waals surface area contributed by atoms with Crippen LogP contribution in [0, 0.1) is 0 Å². The number of amides is 1. The highest BCUT2D eigenvalue weighted by atomic mass is 32.2. The molecule has 1 aromatic carbocycles. The minimum absolute atomic E-state index is 0.464. The Kier molecular flexibility index (Phi) is 3.38. The molecule has 2 aliphatic rings. The molecule has 2 heterocycles. The lowest BCUT2D eigenvalue weighted by atomic mass is 9.88. The van der Waals surface area contributed by atoms with Gasteiger partial charge in [0, 0.05) is 24.2 Å². The van der Waals surface area contributed by atoms with E-state index in [1.807, 2.05) is 6.20 Å². The average Bonchev–Trinajstić information content (AvgIpc) is 2.47. The topological polar surface area (TPSA) is 52.6 Å². The third-order valence-electron chi connectivity index (χ3n) is 3.77. The van der Waals surface area contributed by atoms with Crippen molar-refractivity contribution in [2.24, 2.45) is 0 Å². The molecule has 0 unspecified atom stereocenters. The van der Waals surface area contributed by atoms with E-state index in [1.165, 1.54) is 20.9 Å². The minimum atomic E-state index is -0.799. The first-order valence-electron chi connectivity index (χ1n) is 6.45. The maximum Gasteiger partial charge on any atom is 0.407 e. The lowest BCUT2D eigenvalue weighted by Gasteiger charge is -2.31. The van der Waals surface area contributed by atoms with Crippen LogP contribution in [0.1, 0.15) is 29.9 Å². The maximum absolute atomic E-state index is 10.9. The van der Waals surface area contributed by atoms with Gasteiger partial charge < -0.3 is 14.7 Å². The zero-order chi connectivity index (χ0) is 13.2. The number of fused-ring (bicyclic) bond motifs is 1. The first kappa shape index (κ1) is 12.4. The summed E-state index contributed by atoms with van der Waals surface area (Å²) in [4.78, 5) is 13.7. The van der Waals surface area contributed by atoms with Crippen molar-refractivity contribution in [2.75, 3.05) is 13.1 Å². The zero-order valence-corrected chi connectivity index (χ0v) is 11.3. The van der Waals surface area contributed by atoms with Crippen LogP contribution in [0.15, 0.2) is 29.3 Å². The number of nitrogens with one attached hydrogen (secondary N) is 1. The number of rotatable bonds is 1. The van der Waals surface area contributed by atoms with Crippen molar-refractivity contribution in [3.63, 3.8) is 0 Å². The van der Waals surface area contributed by atoms with Crippen molar-refractivity contribution < 1.29 is 9.90 Å². The SMILES string of the molecule is O=C(O)N1CCC(c2cccc3c2SNC=C3)CC1. The van der Waals surface area contributed by atoms with Crippen LogP contribution in [0.2, 0.25) is 0 Å². The predicted octanol–water partition coefficient (Wildman–Crippen LogP) is 3.13. The second kappa shape index (κ2) is 5.17. The molecule has 1 saturated heterocycles. The molecule has 0 atom stereocenters. The first-order valence-corrected chi connectivity index (χ1v) is 7.27. The highest BCUT2D eigenvalue weighted by molar-refractivity contribution is 7.97. The second-order valence-corrected chi connectivity index (χ2v) is 5.71. The van der Waals surface area contributed by atoms with Gasteiger partial charge in [-0.05, 0) is 47.9 Å². The fraction of sp³-hybridized carbons (Fsp3) is 0.357. The predicted molar refractivity (Wildman–Crippen MR) is 76.0 cm³/mol. The molecular weight excluding hydrogens is 260 g/mol. The number of carboxylic acid groups (broad SMARTS) is 1. The summed E-state index contributed by atoms with van der Waals surface area (Å²) in [7, 11) is 0. The van der Waals surface area contributed by atoms with Crippen molar-refractivity contribution in [1.29, 1.82) is 0 Å². The summed E-state index contributed by atoms with van der Waals surface area (Å²) in [6.07, 6.45) is 5.05. The Morgan fingerprint density at radius 2 is 2.16 bits per heavy atom. The van der Waals surface area contributed by atoms with Gasteiger partial charge in [-0.25, -0.2) is 4.79 Å². The van der Waals surface area contributed by atoms with Crippen molar-refractivity contribution in [2.45, 2.75) is 23.7 Å². The molecule has 1 fully saturated rings. The van der Waals surface area contributed by atoms with Gasteiger partial charge in [0.15, 0.2) is 0 Å². The van der Waals surface area contributed by atoms with Gasteiger partial charge >= 0.3 is 6.09 Å². The fourth-order valence-electron chi connectivity index (χ4n) is 2.74. The van der Waals surface area contributed by atoms with Crippen molar-refractivity contribution in [3.8, 4) is 0 Å². The van der Waals surface area contributed by atoms with E-state index in [1.54, 1.807) is 11.9 Å². The Bertz CT molecular complexity index is 522. The molecule has 4 nitrogen and oxygen atoms in total. The van der Waals surface area contributed by atoms with Gasteiger partial charge in [0.25, 0.3) is 0 Å². The Morgan fingerprint density at radius 1 is 1.37 bits per heavy atom. The van der Waals surface area contributed by atoms with E-state index in [9.17, 15) is 4.79 Å². The summed E-state index contributed by atoms with van der Waals surface area (Å²) >= 11 is 1.65. The summed E-state index contributed by atoms with van der Waals surface area (Å²) in [6.45, 7) is 1.27. The van der Waals surface area contributed by atoms with E-state index >= 15 is 0 Å².